The van der Waals surface area contributed by atoms with Gasteiger partial charge in [-0.1, -0.05) is 39.0 Å². The molecule has 1 amide bonds. The molecule has 2 fully saturated rings. The molecule has 24 heavy (non-hydrogen) atoms. The van der Waals surface area contributed by atoms with Crippen molar-refractivity contribution in [2.75, 3.05) is 13.7 Å². The lowest BCUT2D eigenvalue weighted by Crippen LogP contribution is -2.44. The SMILES string of the molecule is CCCCC1CCC(C(=O)N(CCC(=O)OC)C2CCCC2)CC1. The van der Waals surface area contributed by atoms with Gasteiger partial charge in [-0.05, 0) is 44.4 Å². The van der Waals surface area contributed by atoms with E-state index in [1.807, 2.05) is 4.90 Å². The molecule has 4 nitrogen and oxygen atoms in total. The van der Waals surface area contributed by atoms with Crippen molar-refractivity contribution in [2.24, 2.45) is 11.8 Å². The Bertz CT molecular complexity index is 396. The zero-order valence-electron chi connectivity index (χ0n) is 15.6. The molecule has 0 bridgehead atoms. The summed E-state index contributed by atoms with van der Waals surface area (Å²) in [6.07, 6.45) is 13.3. The quantitative estimate of drug-likeness (QED) is 0.620. The van der Waals surface area contributed by atoms with Crippen molar-refractivity contribution in [3.05, 3.63) is 0 Å². The van der Waals surface area contributed by atoms with Crippen LogP contribution in [-0.2, 0) is 14.3 Å². The van der Waals surface area contributed by atoms with E-state index in [1.165, 1.54) is 52.1 Å². The summed E-state index contributed by atoms with van der Waals surface area (Å²) >= 11 is 0. The van der Waals surface area contributed by atoms with Crippen LogP contribution < -0.4 is 0 Å². The first-order valence-corrected chi connectivity index (χ1v) is 10.0. The summed E-state index contributed by atoms with van der Waals surface area (Å²) < 4.78 is 4.76. The molecule has 0 atom stereocenters. The molecule has 0 spiro atoms. The normalized spacial score (nSPS) is 24.8. The highest BCUT2D eigenvalue weighted by atomic mass is 16.5. The molecule has 0 aliphatic heterocycles. The summed E-state index contributed by atoms with van der Waals surface area (Å²) in [7, 11) is 1.42. The van der Waals surface area contributed by atoms with Crippen molar-refractivity contribution in [1.29, 1.82) is 0 Å². The van der Waals surface area contributed by atoms with E-state index < -0.39 is 0 Å². The molecule has 0 saturated heterocycles. The van der Waals surface area contributed by atoms with Crippen LogP contribution in [0.4, 0.5) is 0 Å². The van der Waals surface area contributed by atoms with Gasteiger partial charge < -0.3 is 9.64 Å². The Kier molecular flexibility index (Phi) is 8.07. The van der Waals surface area contributed by atoms with Crippen molar-refractivity contribution >= 4 is 11.9 Å². The third-order valence-corrected chi connectivity index (χ3v) is 5.99. The lowest BCUT2D eigenvalue weighted by atomic mass is 9.79. The molecule has 138 valence electrons. The summed E-state index contributed by atoms with van der Waals surface area (Å²) in [5, 5.41) is 0. The van der Waals surface area contributed by atoms with Gasteiger partial charge >= 0.3 is 5.97 Å². The Labute approximate surface area is 147 Å². The molecular weight excluding hydrogens is 302 g/mol. The van der Waals surface area contributed by atoms with Gasteiger partial charge in [-0.25, -0.2) is 0 Å². The van der Waals surface area contributed by atoms with Crippen LogP contribution in [0.1, 0.15) is 84.0 Å². The minimum Gasteiger partial charge on any atom is -0.469 e. The first-order chi connectivity index (χ1) is 11.7. The van der Waals surface area contributed by atoms with Gasteiger partial charge in [0.05, 0.1) is 13.5 Å². The standard InChI is InChI=1S/C20H35NO3/c1-3-4-7-16-10-12-17(13-11-16)20(23)21(15-14-19(22)24-2)18-8-5-6-9-18/h16-18H,3-15H2,1-2H3. The van der Waals surface area contributed by atoms with Crippen molar-refractivity contribution in [3.8, 4) is 0 Å². The molecule has 0 N–H and O–H groups in total. The number of ether oxygens (including phenoxy) is 1. The number of carbonyl (C=O) groups excluding carboxylic acids is 2. The monoisotopic (exact) mass is 337 g/mol. The number of hydrogen-bond acceptors (Lipinski definition) is 3. The molecule has 0 aromatic carbocycles. The summed E-state index contributed by atoms with van der Waals surface area (Å²) in [6, 6.07) is 0.347. The van der Waals surface area contributed by atoms with E-state index in [0.717, 1.165) is 31.6 Å². The van der Waals surface area contributed by atoms with Crippen LogP contribution in [0.25, 0.3) is 0 Å². The number of carbonyl (C=O) groups is 2. The van der Waals surface area contributed by atoms with E-state index in [1.54, 1.807) is 0 Å². The van der Waals surface area contributed by atoms with Gasteiger partial charge in [0.1, 0.15) is 0 Å². The summed E-state index contributed by atoms with van der Waals surface area (Å²) in [5.74, 6) is 1.10. The van der Waals surface area contributed by atoms with E-state index in [9.17, 15) is 9.59 Å². The maximum Gasteiger partial charge on any atom is 0.307 e. The van der Waals surface area contributed by atoms with Crippen molar-refractivity contribution in [3.63, 3.8) is 0 Å². The minimum atomic E-state index is -0.214. The van der Waals surface area contributed by atoms with Crippen LogP contribution >= 0.6 is 0 Å². The first kappa shape index (κ1) is 19.3. The predicted octanol–water partition coefficient (Wildman–Crippen LogP) is 4.32. The van der Waals surface area contributed by atoms with Gasteiger partial charge in [0.25, 0.3) is 0 Å². The third kappa shape index (κ3) is 5.49. The Hall–Kier alpha value is -1.06. The predicted molar refractivity (Wildman–Crippen MR) is 95.6 cm³/mol. The van der Waals surface area contributed by atoms with Crippen LogP contribution in [0.2, 0.25) is 0 Å². The molecule has 2 aliphatic rings. The zero-order chi connectivity index (χ0) is 17.4. The van der Waals surface area contributed by atoms with Crippen molar-refractivity contribution in [2.45, 2.75) is 90.0 Å². The number of unbranched alkanes of at least 4 members (excludes halogenated alkanes) is 1. The fourth-order valence-electron chi connectivity index (χ4n) is 4.43. The number of methoxy groups -OCH3 is 1. The van der Waals surface area contributed by atoms with Gasteiger partial charge in [-0.2, -0.15) is 0 Å². The highest BCUT2D eigenvalue weighted by Gasteiger charge is 2.33. The summed E-state index contributed by atoms with van der Waals surface area (Å²) in [5.41, 5.74) is 0. The highest BCUT2D eigenvalue weighted by Crippen LogP contribution is 2.34. The van der Waals surface area contributed by atoms with Crippen LogP contribution in [0, 0.1) is 11.8 Å². The van der Waals surface area contributed by atoms with Crippen LogP contribution in [-0.4, -0.2) is 36.5 Å². The highest BCUT2D eigenvalue weighted by molar-refractivity contribution is 5.80. The summed E-state index contributed by atoms with van der Waals surface area (Å²) in [4.78, 5) is 26.6. The second kappa shape index (κ2) is 10.0. The molecular formula is C20H35NO3. The number of rotatable bonds is 8. The number of nitrogens with zero attached hydrogens (tertiary/aromatic N) is 1. The summed E-state index contributed by atoms with van der Waals surface area (Å²) in [6.45, 7) is 2.78. The molecule has 0 radical (unpaired) electrons. The number of hydrogen-bond donors (Lipinski definition) is 0. The Morgan fingerprint density at radius 2 is 1.71 bits per heavy atom. The third-order valence-electron chi connectivity index (χ3n) is 5.99. The van der Waals surface area contributed by atoms with E-state index >= 15 is 0 Å². The molecule has 2 aliphatic carbocycles. The van der Waals surface area contributed by atoms with Crippen LogP contribution in [0.15, 0.2) is 0 Å². The van der Waals surface area contributed by atoms with E-state index in [0.29, 0.717) is 24.9 Å². The maximum absolute atomic E-state index is 13.1. The van der Waals surface area contributed by atoms with E-state index in [2.05, 4.69) is 6.92 Å². The second-order valence-corrected chi connectivity index (χ2v) is 7.66. The van der Waals surface area contributed by atoms with E-state index in [-0.39, 0.29) is 11.9 Å². The van der Waals surface area contributed by atoms with Crippen molar-refractivity contribution in [1.82, 2.24) is 4.90 Å². The fourth-order valence-corrected chi connectivity index (χ4v) is 4.43. The molecule has 4 heteroatoms. The number of amides is 1. The van der Waals surface area contributed by atoms with Gasteiger partial charge in [0.2, 0.25) is 5.91 Å². The van der Waals surface area contributed by atoms with E-state index in [4.69, 9.17) is 4.74 Å². The molecule has 2 rings (SSSR count). The lowest BCUT2D eigenvalue weighted by molar-refractivity contribution is -0.144. The smallest absolute Gasteiger partial charge is 0.307 e. The second-order valence-electron chi connectivity index (χ2n) is 7.66. The minimum absolute atomic E-state index is 0.182. The van der Waals surface area contributed by atoms with Crippen LogP contribution in [0.3, 0.4) is 0 Å². The topological polar surface area (TPSA) is 46.6 Å². The molecule has 0 heterocycles. The molecule has 0 aromatic heterocycles. The Balaban J connectivity index is 1.88. The van der Waals surface area contributed by atoms with Gasteiger partial charge in [0, 0.05) is 18.5 Å². The molecule has 2 saturated carbocycles. The van der Waals surface area contributed by atoms with Gasteiger partial charge in [0.15, 0.2) is 0 Å². The Morgan fingerprint density at radius 1 is 1.04 bits per heavy atom. The zero-order valence-corrected chi connectivity index (χ0v) is 15.6. The Morgan fingerprint density at radius 3 is 2.29 bits per heavy atom. The van der Waals surface area contributed by atoms with Crippen LogP contribution in [0.5, 0.6) is 0 Å². The number of esters is 1. The fraction of sp³-hybridized carbons (Fsp3) is 0.900. The maximum atomic E-state index is 13.1. The molecule has 0 unspecified atom stereocenters. The van der Waals surface area contributed by atoms with Gasteiger partial charge in [-0.15, -0.1) is 0 Å². The average Bonchev–Trinajstić information content (AvgIpc) is 3.14. The van der Waals surface area contributed by atoms with Crippen molar-refractivity contribution < 1.29 is 14.3 Å². The van der Waals surface area contributed by atoms with Gasteiger partial charge in [-0.3, -0.25) is 9.59 Å². The average molecular weight is 338 g/mol. The molecule has 0 aromatic rings. The lowest BCUT2D eigenvalue weighted by Gasteiger charge is -2.35. The largest absolute Gasteiger partial charge is 0.469 e. The first-order valence-electron chi connectivity index (χ1n) is 10.0.